The first-order valence-electron chi connectivity index (χ1n) is 7.70. The second kappa shape index (κ2) is 5.98. The summed E-state index contributed by atoms with van der Waals surface area (Å²) in [5, 5.41) is 3.69. The van der Waals surface area contributed by atoms with Crippen LogP contribution in [0.5, 0.6) is 0 Å². The normalized spacial score (nSPS) is 22.6. The average Bonchev–Trinajstić information content (AvgIpc) is 2.44. The maximum absolute atomic E-state index is 12.9. The molecule has 2 aromatic carbocycles. The van der Waals surface area contributed by atoms with Crippen LogP contribution in [0.15, 0.2) is 48.5 Å². The molecular formula is C19H22FN. The average molecular weight is 283 g/mol. The minimum Gasteiger partial charge on any atom is -0.307 e. The van der Waals surface area contributed by atoms with Crippen LogP contribution in [0.1, 0.15) is 48.4 Å². The molecule has 0 unspecified atom stereocenters. The summed E-state index contributed by atoms with van der Waals surface area (Å²) < 4.78 is 12.9. The molecule has 0 spiro atoms. The molecule has 0 heterocycles. The number of nitrogens with one attached hydrogen (secondary N) is 1. The van der Waals surface area contributed by atoms with E-state index < -0.39 is 0 Å². The molecule has 1 fully saturated rings. The van der Waals surface area contributed by atoms with Gasteiger partial charge in [0.2, 0.25) is 0 Å². The van der Waals surface area contributed by atoms with Crippen LogP contribution in [-0.2, 0) is 0 Å². The van der Waals surface area contributed by atoms with Crippen molar-refractivity contribution in [3.05, 3.63) is 71.0 Å². The van der Waals surface area contributed by atoms with Gasteiger partial charge in [0.25, 0.3) is 0 Å². The lowest BCUT2D eigenvalue weighted by molar-refractivity contribution is 0.271. The van der Waals surface area contributed by atoms with Gasteiger partial charge in [0.1, 0.15) is 5.82 Å². The van der Waals surface area contributed by atoms with Gasteiger partial charge in [-0.25, -0.2) is 4.39 Å². The number of aryl methyl sites for hydroxylation is 1. The molecule has 0 bridgehead atoms. The lowest BCUT2D eigenvalue weighted by Crippen LogP contribution is -2.41. The summed E-state index contributed by atoms with van der Waals surface area (Å²) in [6.07, 6.45) is 2.28. The highest BCUT2D eigenvalue weighted by atomic mass is 19.1. The highest BCUT2D eigenvalue weighted by Crippen LogP contribution is 2.37. The number of benzene rings is 2. The zero-order chi connectivity index (χ0) is 14.8. The third-order valence-corrected chi connectivity index (χ3v) is 4.54. The Bertz CT molecular complexity index is 582. The molecule has 1 aliphatic rings. The number of hydrogen-bond acceptors (Lipinski definition) is 1. The van der Waals surface area contributed by atoms with Crippen molar-refractivity contribution in [3.8, 4) is 0 Å². The Morgan fingerprint density at radius 1 is 1.00 bits per heavy atom. The molecular weight excluding hydrogens is 261 g/mol. The van der Waals surface area contributed by atoms with Crippen molar-refractivity contribution in [2.75, 3.05) is 0 Å². The summed E-state index contributed by atoms with van der Waals surface area (Å²) in [6, 6.07) is 16.6. The van der Waals surface area contributed by atoms with Crippen molar-refractivity contribution in [2.24, 2.45) is 0 Å². The van der Waals surface area contributed by atoms with Gasteiger partial charge < -0.3 is 5.32 Å². The Morgan fingerprint density at radius 3 is 2.24 bits per heavy atom. The minimum absolute atomic E-state index is 0.152. The Kier molecular flexibility index (Phi) is 4.07. The summed E-state index contributed by atoms with van der Waals surface area (Å²) in [7, 11) is 0. The van der Waals surface area contributed by atoms with E-state index in [2.05, 4.69) is 43.4 Å². The third-order valence-electron chi connectivity index (χ3n) is 4.54. The quantitative estimate of drug-likeness (QED) is 0.855. The summed E-state index contributed by atoms with van der Waals surface area (Å²) in [4.78, 5) is 0. The van der Waals surface area contributed by atoms with Gasteiger partial charge in [-0.1, -0.05) is 42.0 Å². The predicted octanol–water partition coefficient (Wildman–Crippen LogP) is 4.73. The standard InChI is InChI=1S/C19H22FN/c1-13-3-5-15(6-4-13)14(2)21-19-11-17(12-19)16-7-9-18(20)10-8-16/h3-10,14,17,19,21H,11-12H2,1-2H3/t14-,17?,19?/m1/s1. The zero-order valence-electron chi connectivity index (χ0n) is 12.6. The fourth-order valence-corrected chi connectivity index (χ4v) is 3.07. The second-order valence-electron chi connectivity index (χ2n) is 6.22. The van der Waals surface area contributed by atoms with Crippen molar-refractivity contribution in [2.45, 2.75) is 44.7 Å². The third kappa shape index (κ3) is 3.33. The lowest BCUT2D eigenvalue weighted by atomic mass is 9.75. The van der Waals surface area contributed by atoms with Gasteiger partial charge in [0.15, 0.2) is 0 Å². The Morgan fingerprint density at radius 2 is 1.62 bits per heavy atom. The predicted molar refractivity (Wildman–Crippen MR) is 84.9 cm³/mol. The van der Waals surface area contributed by atoms with E-state index in [1.165, 1.54) is 16.7 Å². The summed E-state index contributed by atoms with van der Waals surface area (Å²) >= 11 is 0. The van der Waals surface area contributed by atoms with Crippen molar-refractivity contribution in [3.63, 3.8) is 0 Å². The smallest absolute Gasteiger partial charge is 0.123 e. The number of halogens is 1. The van der Waals surface area contributed by atoms with Crippen LogP contribution in [0.25, 0.3) is 0 Å². The van der Waals surface area contributed by atoms with E-state index >= 15 is 0 Å². The second-order valence-corrected chi connectivity index (χ2v) is 6.22. The molecule has 21 heavy (non-hydrogen) atoms. The molecule has 1 atom stereocenters. The number of rotatable bonds is 4. The van der Waals surface area contributed by atoms with Crippen LogP contribution in [0.4, 0.5) is 4.39 Å². The van der Waals surface area contributed by atoms with Crippen LogP contribution in [0.2, 0.25) is 0 Å². The maximum atomic E-state index is 12.9. The molecule has 1 N–H and O–H groups in total. The van der Waals surface area contributed by atoms with E-state index in [-0.39, 0.29) is 5.82 Å². The van der Waals surface area contributed by atoms with Gasteiger partial charge in [0.05, 0.1) is 0 Å². The first kappa shape index (κ1) is 14.3. The van der Waals surface area contributed by atoms with Gasteiger partial charge in [0, 0.05) is 12.1 Å². The largest absolute Gasteiger partial charge is 0.307 e. The first-order chi connectivity index (χ1) is 10.1. The molecule has 2 heteroatoms. The molecule has 0 radical (unpaired) electrons. The van der Waals surface area contributed by atoms with Crippen molar-refractivity contribution in [1.82, 2.24) is 5.32 Å². The molecule has 110 valence electrons. The molecule has 1 saturated carbocycles. The Balaban J connectivity index is 1.52. The van der Waals surface area contributed by atoms with Crippen LogP contribution in [0, 0.1) is 12.7 Å². The van der Waals surface area contributed by atoms with Crippen LogP contribution in [0.3, 0.4) is 0 Å². The van der Waals surface area contributed by atoms with Crippen molar-refractivity contribution < 1.29 is 4.39 Å². The fraction of sp³-hybridized carbons (Fsp3) is 0.368. The minimum atomic E-state index is -0.152. The van der Waals surface area contributed by atoms with E-state index in [1.54, 1.807) is 12.1 Å². The van der Waals surface area contributed by atoms with Crippen molar-refractivity contribution >= 4 is 0 Å². The summed E-state index contributed by atoms with van der Waals surface area (Å²) in [5.41, 5.74) is 3.90. The van der Waals surface area contributed by atoms with E-state index in [1.807, 2.05) is 12.1 Å². The van der Waals surface area contributed by atoms with Crippen LogP contribution < -0.4 is 5.32 Å². The van der Waals surface area contributed by atoms with Gasteiger partial charge in [-0.3, -0.25) is 0 Å². The van der Waals surface area contributed by atoms with Crippen LogP contribution in [-0.4, -0.2) is 6.04 Å². The molecule has 0 aliphatic heterocycles. The maximum Gasteiger partial charge on any atom is 0.123 e. The number of hydrogen-bond donors (Lipinski definition) is 1. The first-order valence-corrected chi connectivity index (χ1v) is 7.70. The summed E-state index contributed by atoms with van der Waals surface area (Å²) in [5.74, 6) is 0.425. The molecule has 2 aromatic rings. The molecule has 3 rings (SSSR count). The van der Waals surface area contributed by atoms with E-state index in [9.17, 15) is 4.39 Å². The highest BCUT2D eigenvalue weighted by molar-refractivity contribution is 5.26. The molecule has 1 aliphatic carbocycles. The molecule has 0 aromatic heterocycles. The van der Waals surface area contributed by atoms with Gasteiger partial charge in [-0.05, 0) is 55.9 Å². The molecule has 0 saturated heterocycles. The van der Waals surface area contributed by atoms with E-state index in [0.29, 0.717) is 18.0 Å². The molecule has 0 amide bonds. The lowest BCUT2D eigenvalue weighted by Gasteiger charge is -2.38. The Labute approximate surface area is 126 Å². The zero-order valence-corrected chi connectivity index (χ0v) is 12.6. The van der Waals surface area contributed by atoms with Gasteiger partial charge in [-0.2, -0.15) is 0 Å². The highest BCUT2D eigenvalue weighted by Gasteiger charge is 2.31. The van der Waals surface area contributed by atoms with Crippen molar-refractivity contribution in [1.29, 1.82) is 0 Å². The van der Waals surface area contributed by atoms with Gasteiger partial charge in [-0.15, -0.1) is 0 Å². The van der Waals surface area contributed by atoms with E-state index in [4.69, 9.17) is 0 Å². The van der Waals surface area contributed by atoms with Gasteiger partial charge >= 0.3 is 0 Å². The Hall–Kier alpha value is -1.67. The SMILES string of the molecule is Cc1ccc([C@@H](C)NC2CC(c3ccc(F)cc3)C2)cc1. The molecule has 1 nitrogen and oxygen atoms in total. The van der Waals surface area contributed by atoms with E-state index in [0.717, 1.165) is 12.8 Å². The topological polar surface area (TPSA) is 12.0 Å². The summed E-state index contributed by atoms with van der Waals surface area (Å²) in [6.45, 7) is 4.33. The fourth-order valence-electron chi connectivity index (χ4n) is 3.07. The monoisotopic (exact) mass is 283 g/mol. The van der Waals surface area contributed by atoms with Crippen LogP contribution >= 0.6 is 0 Å².